The summed E-state index contributed by atoms with van der Waals surface area (Å²) in [7, 11) is 0. The van der Waals surface area contributed by atoms with Crippen LogP contribution in [0.2, 0.25) is 0 Å². The maximum atomic E-state index is 12.4. The van der Waals surface area contributed by atoms with E-state index in [4.69, 9.17) is 4.74 Å². The van der Waals surface area contributed by atoms with Crippen LogP contribution in [0.15, 0.2) is 0 Å². The Bertz CT molecular complexity index is 366. The summed E-state index contributed by atoms with van der Waals surface area (Å²) in [5, 5.41) is 12.4. The number of carbonyl (C=O) groups is 1. The first kappa shape index (κ1) is 14.7. The van der Waals surface area contributed by atoms with E-state index in [-0.39, 0.29) is 10.7 Å². The summed E-state index contributed by atoms with van der Waals surface area (Å²) in [6.07, 6.45) is 7.96. The summed E-state index contributed by atoms with van der Waals surface area (Å²) in [5.74, 6) is -0.0985. The Hall–Kier alpha value is -0.730. The molecule has 0 bridgehead atoms. The molecule has 4 nitrogen and oxygen atoms in total. The number of carbonyl (C=O) groups excluding carboxylic acids is 1. The van der Waals surface area contributed by atoms with Gasteiger partial charge in [-0.1, -0.05) is 12.8 Å². The largest absolute Gasteiger partial charge is 0.381 e. The molecule has 5 heteroatoms. The number of amides is 1. The van der Waals surface area contributed by atoms with Crippen molar-refractivity contribution in [3.05, 3.63) is 0 Å². The van der Waals surface area contributed by atoms with Crippen LogP contribution >= 0.6 is 11.8 Å². The second-order valence-corrected chi connectivity index (χ2v) is 6.86. The fraction of sp³-hybridized carbons (Fsp3) is 0.857. The Balaban J connectivity index is 1.94. The molecular formula is C14H22N2O2S. The molecule has 0 radical (unpaired) electrons. The number of nitriles is 1. The van der Waals surface area contributed by atoms with Crippen molar-refractivity contribution in [2.24, 2.45) is 5.41 Å². The molecule has 1 aliphatic heterocycles. The van der Waals surface area contributed by atoms with Gasteiger partial charge in [0.2, 0.25) is 5.91 Å². The Kier molecular flexibility index (Phi) is 4.75. The summed E-state index contributed by atoms with van der Waals surface area (Å²) in [4.78, 5) is 12.4. The SMILES string of the molecule is CSC1(CNC(=O)C2(C#N)CCOCC2)CCCC1. The van der Waals surface area contributed by atoms with E-state index in [0.29, 0.717) is 32.6 Å². The molecule has 106 valence electrons. The van der Waals surface area contributed by atoms with E-state index >= 15 is 0 Å². The highest BCUT2D eigenvalue weighted by Gasteiger charge is 2.42. The molecule has 1 saturated heterocycles. The maximum absolute atomic E-state index is 12.4. The molecule has 0 unspecified atom stereocenters. The molecule has 0 spiro atoms. The van der Waals surface area contributed by atoms with Crippen LogP contribution in [0.5, 0.6) is 0 Å². The quantitative estimate of drug-likeness (QED) is 0.857. The molecule has 1 amide bonds. The monoisotopic (exact) mass is 282 g/mol. The molecule has 2 rings (SSSR count). The number of nitrogens with zero attached hydrogens (tertiary/aromatic N) is 1. The van der Waals surface area contributed by atoms with Crippen molar-refractivity contribution in [2.45, 2.75) is 43.3 Å². The first-order valence-electron chi connectivity index (χ1n) is 6.99. The van der Waals surface area contributed by atoms with Crippen molar-refractivity contribution in [1.82, 2.24) is 5.32 Å². The molecule has 0 atom stereocenters. The van der Waals surface area contributed by atoms with Crippen LogP contribution in [0, 0.1) is 16.7 Å². The molecule has 1 saturated carbocycles. The zero-order valence-corrected chi connectivity index (χ0v) is 12.4. The van der Waals surface area contributed by atoms with Gasteiger partial charge < -0.3 is 10.1 Å². The first-order chi connectivity index (χ1) is 9.16. The van der Waals surface area contributed by atoms with Gasteiger partial charge in [-0.3, -0.25) is 4.79 Å². The number of nitrogens with one attached hydrogen (secondary N) is 1. The zero-order chi connectivity index (χ0) is 13.8. The zero-order valence-electron chi connectivity index (χ0n) is 11.5. The standard InChI is InChI=1S/C14H22N2O2S/c1-19-14(4-2-3-5-14)11-16-12(17)13(10-15)6-8-18-9-7-13/h2-9,11H2,1H3,(H,16,17). The highest BCUT2D eigenvalue weighted by Crippen LogP contribution is 2.40. The number of ether oxygens (including phenoxy) is 1. The van der Waals surface area contributed by atoms with Crippen LogP contribution in [0.3, 0.4) is 0 Å². The van der Waals surface area contributed by atoms with Crippen molar-refractivity contribution >= 4 is 17.7 Å². The first-order valence-corrected chi connectivity index (χ1v) is 8.21. The van der Waals surface area contributed by atoms with Gasteiger partial charge in [0.15, 0.2) is 0 Å². The van der Waals surface area contributed by atoms with Gasteiger partial charge in [0.05, 0.1) is 6.07 Å². The molecule has 0 aromatic heterocycles. The second kappa shape index (κ2) is 6.15. The van der Waals surface area contributed by atoms with Crippen LogP contribution in [0.4, 0.5) is 0 Å². The molecule has 19 heavy (non-hydrogen) atoms. The Morgan fingerprint density at radius 3 is 2.47 bits per heavy atom. The normalized spacial score (nSPS) is 24.6. The van der Waals surface area contributed by atoms with Gasteiger partial charge in [-0.25, -0.2) is 0 Å². The molecule has 1 heterocycles. The summed E-state index contributed by atoms with van der Waals surface area (Å²) in [6, 6.07) is 2.22. The van der Waals surface area contributed by atoms with Crippen LogP contribution in [0.1, 0.15) is 38.5 Å². The van der Waals surface area contributed by atoms with Crippen LogP contribution in [0.25, 0.3) is 0 Å². The third-order valence-electron chi connectivity index (χ3n) is 4.51. The van der Waals surface area contributed by atoms with Gasteiger partial charge in [-0.15, -0.1) is 0 Å². The lowest BCUT2D eigenvalue weighted by Gasteiger charge is -2.32. The van der Waals surface area contributed by atoms with Crippen molar-refractivity contribution in [1.29, 1.82) is 5.26 Å². The smallest absolute Gasteiger partial charge is 0.240 e. The van der Waals surface area contributed by atoms with Crippen LogP contribution in [-0.2, 0) is 9.53 Å². The Morgan fingerprint density at radius 2 is 1.95 bits per heavy atom. The molecule has 1 aliphatic carbocycles. The lowest BCUT2D eigenvalue weighted by Crippen LogP contribution is -2.47. The average Bonchev–Trinajstić information content (AvgIpc) is 2.95. The molecule has 2 fully saturated rings. The predicted molar refractivity (Wildman–Crippen MR) is 75.8 cm³/mol. The molecular weight excluding hydrogens is 260 g/mol. The van der Waals surface area contributed by atoms with E-state index < -0.39 is 5.41 Å². The van der Waals surface area contributed by atoms with Gasteiger partial charge in [-0.05, 0) is 31.9 Å². The fourth-order valence-corrected chi connectivity index (χ4v) is 3.91. The predicted octanol–water partition coefficient (Wildman–Crippen LogP) is 2.10. The lowest BCUT2D eigenvalue weighted by molar-refractivity contribution is -0.132. The topological polar surface area (TPSA) is 62.1 Å². The van der Waals surface area contributed by atoms with Crippen molar-refractivity contribution in [3.63, 3.8) is 0 Å². The van der Waals surface area contributed by atoms with Gasteiger partial charge in [0.1, 0.15) is 5.41 Å². The molecule has 1 N–H and O–H groups in total. The van der Waals surface area contributed by atoms with Crippen LogP contribution < -0.4 is 5.32 Å². The van der Waals surface area contributed by atoms with Gasteiger partial charge in [0, 0.05) is 24.5 Å². The molecule has 2 aliphatic rings. The molecule has 0 aromatic carbocycles. The summed E-state index contributed by atoms with van der Waals surface area (Å²) in [6.45, 7) is 1.71. The van der Waals surface area contributed by atoms with Gasteiger partial charge in [-0.2, -0.15) is 17.0 Å². The summed E-state index contributed by atoms with van der Waals surface area (Å²) < 4.78 is 5.45. The van der Waals surface area contributed by atoms with Crippen LogP contribution in [-0.4, -0.2) is 36.7 Å². The number of hydrogen-bond acceptors (Lipinski definition) is 4. The summed E-state index contributed by atoms with van der Waals surface area (Å²) in [5.41, 5.74) is -0.865. The third-order valence-corrected chi connectivity index (χ3v) is 5.93. The molecule has 0 aromatic rings. The highest BCUT2D eigenvalue weighted by molar-refractivity contribution is 8.00. The second-order valence-electron chi connectivity index (χ2n) is 5.58. The van der Waals surface area contributed by atoms with E-state index in [1.165, 1.54) is 12.8 Å². The minimum atomic E-state index is -0.865. The van der Waals surface area contributed by atoms with E-state index in [1.807, 2.05) is 11.8 Å². The Labute approximate surface area is 119 Å². The maximum Gasteiger partial charge on any atom is 0.240 e. The Morgan fingerprint density at radius 1 is 1.32 bits per heavy atom. The van der Waals surface area contributed by atoms with E-state index in [0.717, 1.165) is 12.8 Å². The highest BCUT2D eigenvalue weighted by atomic mass is 32.2. The number of rotatable bonds is 4. The van der Waals surface area contributed by atoms with E-state index in [1.54, 1.807) is 0 Å². The number of thioether (sulfide) groups is 1. The van der Waals surface area contributed by atoms with E-state index in [9.17, 15) is 10.1 Å². The van der Waals surface area contributed by atoms with Crippen molar-refractivity contribution in [2.75, 3.05) is 26.0 Å². The fourth-order valence-electron chi connectivity index (χ4n) is 2.99. The lowest BCUT2D eigenvalue weighted by atomic mass is 9.80. The van der Waals surface area contributed by atoms with E-state index in [2.05, 4.69) is 17.6 Å². The number of hydrogen-bond donors (Lipinski definition) is 1. The average molecular weight is 282 g/mol. The minimum Gasteiger partial charge on any atom is -0.381 e. The van der Waals surface area contributed by atoms with Crippen molar-refractivity contribution < 1.29 is 9.53 Å². The summed E-state index contributed by atoms with van der Waals surface area (Å²) >= 11 is 1.85. The van der Waals surface area contributed by atoms with Gasteiger partial charge in [0.25, 0.3) is 0 Å². The third kappa shape index (κ3) is 3.06. The van der Waals surface area contributed by atoms with Crippen molar-refractivity contribution in [3.8, 4) is 6.07 Å². The van der Waals surface area contributed by atoms with Gasteiger partial charge >= 0.3 is 0 Å². The minimum absolute atomic E-state index is 0.0985.